The number of nitrogens with zero attached hydrogens (tertiary/aromatic N) is 4. The van der Waals surface area contributed by atoms with Gasteiger partial charge in [-0.15, -0.1) is 11.3 Å². The molecular formula is C15H19N5OS. The van der Waals surface area contributed by atoms with Crippen molar-refractivity contribution in [2.75, 3.05) is 12.4 Å². The lowest BCUT2D eigenvalue weighted by Crippen LogP contribution is -2.36. The highest BCUT2D eigenvalue weighted by molar-refractivity contribution is 7.11. The summed E-state index contributed by atoms with van der Waals surface area (Å²) in [6.45, 7) is 3.82. The maximum absolute atomic E-state index is 12.5. The molecule has 0 bridgehead atoms. The van der Waals surface area contributed by atoms with E-state index in [1.165, 1.54) is 4.88 Å². The van der Waals surface area contributed by atoms with E-state index >= 15 is 0 Å². The van der Waals surface area contributed by atoms with Crippen molar-refractivity contribution in [2.24, 2.45) is 0 Å². The van der Waals surface area contributed by atoms with Gasteiger partial charge in [0.25, 0.3) is 0 Å². The van der Waals surface area contributed by atoms with Gasteiger partial charge in [-0.05, 0) is 39.2 Å². The molecule has 116 valence electrons. The Balaban J connectivity index is 1.76. The second-order valence-electron chi connectivity index (χ2n) is 5.48. The standard InChI is InChI=1S/C15H19N5OS/c1-9-16-8-7-13(17-9)19-15(21)20(3)12-6-4-5-11-14(12)22-10(2)18-11/h7-8,12H,4-6H2,1-3H3,(H,16,17,19,21). The third kappa shape index (κ3) is 2.94. The van der Waals surface area contributed by atoms with Gasteiger partial charge in [0, 0.05) is 13.2 Å². The molecule has 0 fully saturated rings. The topological polar surface area (TPSA) is 71.0 Å². The van der Waals surface area contributed by atoms with Crippen LogP contribution in [0.2, 0.25) is 0 Å². The highest BCUT2D eigenvalue weighted by Gasteiger charge is 2.29. The molecule has 1 aliphatic carbocycles. The van der Waals surface area contributed by atoms with Crippen LogP contribution in [-0.2, 0) is 6.42 Å². The fourth-order valence-corrected chi connectivity index (χ4v) is 3.91. The summed E-state index contributed by atoms with van der Waals surface area (Å²) in [5.41, 5.74) is 1.15. The molecule has 2 aromatic rings. The normalized spacial score (nSPS) is 17.0. The molecule has 22 heavy (non-hydrogen) atoms. The number of thiazole rings is 1. The quantitative estimate of drug-likeness (QED) is 0.924. The van der Waals surface area contributed by atoms with Crippen molar-refractivity contribution >= 4 is 23.2 Å². The van der Waals surface area contributed by atoms with E-state index in [9.17, 15) is 4.79 Å². The largest absolute Gasteiger partial charge is 0.323 e. The van der Waals surface area contributed by atoms with Gasteiger partial charge in [0.2, 0.25) is 0 Å². The fraction of sp³-hybridized carbons (Fsp3) is 0.467. The lowest BCUT2D eigenvalue weighted by molar-refractivity contribution is 0.198. The maximum atomic E-state index is 12.5. The van der Waals surface area contributed by atoms with Crippen molar-refractivity contribution in [1.82, 2.24) is 19.9 Å². The lowest BCUT2D eigenvalue weighted by atomic mass is 9.97. The third-order valence-corrected chi connectivity index (χ3v) is 4.94. The number of urea groups is 1. The predicted octanol–water partition coefficient (Wildman–Crippen LogP) is 3.09. The first kappa shape index (κ1) is 14.9. The van der Waals surface area contributed by atoms with Crippen molar-refractivity contribution in [2.45, 2.75) is 39.2 Å². The van der Waals surface area contributed by atoms with Crippen LogP contribution in [0.15, 0.2) is 12.3 Å². The molecule has 7 heteroatoms. The number of hydrogen-bond acceptors (Lipinski definition) is 5. The molecule has 1 aliphatic rings. The summed E-state index contributed by atoms with van der Waals surface area (Å²) in [7, 11) is 1.83. The van der Waals surface area contributed by atoms with E-state index in [1.54, 1.807) is 35.4 Å². The van der Waals surface area contributed by atoms with Crippen molar-refractivity contribution in [3.8, 4) is 0 Å². The van der Waals surface area contributed by atoms with E-state index in [1.807, 2.05) is 14.0 Å². The summed E-state index contributed by atoms with van der Waals surface area (Å²) in [6, 6.07) is 1.64. The predicted molar refractivity (Wildman–Crippen MR) is 86.1 cm³/mol. The number of carbonyl (C=O) groups is 1. The number of fused-ring (bicyclic) bond motifs is 1. The summed E-state index contributed by atoms with van der Waals surface area (Å²) in [5, 5.41) is 3.90. The first-order valence-electron chi connectivity index (χ1n) is 7.34. The lowest BCUT2D eigenvalue weighted by Gasteiger charge is -2.30. The van der Waals surface area contributed by atoms with Crippen LogP contribution in [0.1, 0.15) is 40.3 Å². The number of anilines is 1. The Kier molecular flexibility index (Phi) is 4.06. The fourth-order valence-electron chi connectivity index (χ4n) is 2.75. The van der Waals surface area contributed by atoms with Crippen LogP contribution < -0.4 is 5.32 Å². The molecule has 1 unspecified atom stereocenters. The molecule has 2 amide bonds. The van der Waals surface area contributed by atoms with Gasteiger partial charge >= 0.3 is 6.03 Å². The molecule has 2 aromatic heterocycles. The Labute approximate surface area is 133 Å². The summed E-state index contributed by atoms with van der Waals surface area (Å²) in [6.07, 6.45) is 4.69. The van der Waals surface area contributed by atoms with Crippen LogP contribution in [0.3, 0.4) is 0 Å². The zero-order chi connectivity index (χ0) is 15.7. The number of amides is 2. The Morgan fingerprint density at radius 1 is 1.41 bits per heavy atom. The first-order chi connectivity index (χ1) is 10.5. The SMILES string of the molecule is Cc1nccc(NC(=O)N(C)C2CCCc3nc(C)sc32)n1. The number of aromatic nitrogens is 3. The van der Waals surface area contributed by atoms with Gasteiger partial charge < -0.3 is 4.90 Å². The van der Waals surface area contributed by atoms with Crippen LogP contribution in [0.4, 0.5) is 10.6 Å². The van der Waals surface area contributed by atoms with Gasteiger partial charge in [-0.1, -0.05) is 0 Å². The number of aryl methyl sites for hydroxylation is 3. The van der Waals surface area contributed by atoms with E-state index in [2.05, 4.69) is 20.3 Å². The molecule has 0 saturated heterocycles. The monoisotopic (exact) mass is 317 g/mol. The molecule has 0 saturated carbocycles. The van der Waals surface area contributed by atoms with E-state index < -0.39 is 0 Å². The molecule has 0 radical (unpaired) electrons. The number of carbonyl (C=O) groups excluding carboxylic acids is 1. The number of nitrogens with one attached hydrogen (secondary N) is 1. The first-order valence-corrected chi connectivity index (χ1v) is 8.16. The molecule has 0 aromatic carbocycles. The Morgan fingerprint density at radius 3 is 3.00 bits per heavy atom. The highest BCUT2D eigenvalue weighted by Crippen LogP contribution is 2.37. The zero-order valence-electron chi connectivity index (χ0n) is 13.0. The molecule has 1 N–H and O–H groups in total. The summed E-state index contributed by atoms with van der Waals surface area (Å²) in [4.78, 5) is 28.3. The molecule has 1 atom stereocenters. The third-order valence-electron chi connectivity index (χ3n) is 3.83. The summed E-state index contributed by atoms with van der Waals surface area (Å²) >= 11 is 1.69. The highest BCUT2D eigenvalue weighted by atomic mass is 32.1. The van der Waals surface area contributed by atoms with Crippen molar-refractivity contribution in [1.29, 1.82) is 0 Å². The van der Waals surface area contributed by atoms with Gasteiger partial charge in [-0.3, -0.25) is 5.32 Å². The molecule has 0 aliphatic heterocycles. The Hall–Kier alpha value is -2.02. The molecular weight excluding hydrogens is 298 g/mol. The smallest absolute Gasteiger partial charge is 0.320 e. The number of rotatable bonds is 2. The van der Waals surface area contributed by atoms with E-state index in [0.717, 1.165) is 30.0 Å². The van der Waals surface area contributed by atoms with E-state index in [4.69, 9.17) is 0 Å². The Morgan fingerprint density at radius 2 is 2.23 bits per heavy atom. The molecule has 0 spiro atoms. The maximum Gasteiger partial charge on any atom is 0.323 e. The van der Waals surface area contributed by atoms with Crippen molar-refractivity contribution < 1.29 is 4.79 Å². The second-order valence-corrected chi connectivity index (χ2v) is 6.72. The molecule has 6 nitrogen and oxygen atoms in total. The summed E-state index contributed by atoms with van der Waals surface area (Å²) in [5.74, 6) is 1.17. The van der Waals surface area contributed by atoms with Crippen LogP contribution in [0.5, 0.6) is 0 Å². The molecule has 3 rings (SSSR count). The Bertz CT molecular complexity index is 699. The van der Waals surface area contributed by atoms with Crippen molar-refractivity contribution in [3.63, 3.8) is 0 Å². The summed E-state index contributed by atoms with van der Waals surface area (Å²) < 4.78 is 0. The van der Waals surface area contributed by atoms with E-state index in [0.29, 0.717) is 11.6 Å². The zero-order valence-corrected chi connectivity index (χ0v) is 13.8. The van der Waals surface area contributed by atoms with Gasteiger partial charge in [0.05, 0.1) is 21.6 Å². The number of hydrogen-bond donors (Lipinski definition) is 1. The van der Waals surface area contributed by atoms with Crippen molar-refractivity contribution in [3.05, 3.63) is 33.7 Å². The van der Waals surface area contributed by atoms with Crippen LogP contribution in [0.25, 0.3) is 0 Å². The van der Waals surface area contributed by atoms with Crippen LogP contribution in [0, 0.1) is 13.8 Å². The second kappa shape index (κ2) is 6.00. The minimum Gasteiger partial charge on any atom is -0.320 e. The minimum atomic E-state index is -0.151. The van der Waals surface area contributed by atoms with Gasteiger partial charge in [-0.2, -0.15) is 0 Å². The van der Waals surface area contributed by atoms with Gasteiger partial charge in [0.1, 0.15) is 11.6 Å². The van der Waals surface area contributed by atoms with Crippen LogP contribution >= 0.6 is 11.3 Å². The van der Waals surface area contributed by atoms with Gasteiger partial charge in [0.15, 0.2) is 0 Å². The van der Waals surface area contributed by atoms with Gasteiger partial charge in [-0.25, -0.2) is 19.7 Å². The van der Waals surface area contributed by atoms with Crippen LogP contribution in [-0.4, -0.2) is 32.9 Å². The molecule has 2 heterocycles. The minimum absolute atomic E-state index is 0.0953. The average Bonchev–Trinajstić information content (AvgIpc) is 2.86. The average molecular weight is 317 g/mol. The van der Waals surface area contributed by atoms with E-state index in [-0.39, 0.29) is 12.1 Å².